The van der Waals surface area contributed by atoms with Gasteiger partial charge in [-0.25, -0.2) is 14.9 Å². The lowest BCUT2D eigenvalue weighted by atomic mass is 10.0. The molecule has 1 aliphatic heterocycles. The van der Waals surface area contributed by atoms with E-state index in [-0.39, 0.29) is 6.61 Å². The molecule has 0 saturated carbocycles. The second kappa shape index (κ2) is 7.79. The van der Waals surface area contributed by atoms with Gasteiger partial charge in [-0.3, -0.25) is 4.90 Å². The minimum atomic E-state index is -0.899. The molecule has 0 aliphatic carbocycles. The van der Waals surface area contributed by atoms with Crippen molar-refractivity contribution in [3.05, 3.63) is 35.4 Å². The van der Waals surface area contributed by atoms with Gasteiger partial charge in [-0.15, -0.1) is 0 Å². The highest BCUT2D eigenvalue weighted by Crippen LogP contribution is 2.32. The van der Waals surface area contributed by atoms with Gasteiger partial charge < -0.3 is 10.5 Å². The van der Waals surface area contributed by atoms with Crippen molar-refractivity contribution in [3.63, 3.8) is 0 Å². The summed E-state index contributed by atoms with van der Waals surface area (Å²) in [5.74, 6) is 0. The number of imide groups is 1. The van der Waals surface area contributed by atoms with Gasteiger partial charge in [-0.05, 0) is 38.3 Å². The number of benzene rings is 1. The molecule has 120 valence electrons. The number of aryl methyl sites for hydroxylation is 1. The third kappa shape index (κ3) is 4.73. The van der Waals surface area contributed by atoms with E-state index in [4.69, 9.17) is 10.5 Å². The van der Waals surface area contributed by atoms with Crippen LogP contribution in [0.15, 0.2) is 24.3 Å². The number of hydrogen-bond donors (Lipinski definition) is 2. The smallest absolute Gasteiger partial charge is 0.415 e. The lowest BCUT2D eigenvalue weighted by Crippen LogP contribution is -2.35. The van der Waals surface area contributed by atoms with Crippen molar-refractivity contribution >= 4 is 12.1 Å². The van der Waals surface area contributed by atoms with Crippen LogP contribution in [0.4, 0.5) is 9.59 Å². The first-order valence-corrected chi connectivity index (χ1v) is 7.60. The summed E-state index contributed by atoms with van der Waals surface area (Å²) in [5.41, 5.74) is 7.46. The van der Waals surface area contributed by atoms with Crippen LogP contribution in [-0.4, -0.2) is 36.7 Å². The fourth-order valence-electron chi connectivity index (χ4n) is 2.92. The van der Waals surface area contributed by atoms with Crippen LogP contribution in [0.1, 0.15) is 36.4 Å². The first-order valence-electron chi connectivity index (χ1n) is 7.60. The molecule has 0 spiro atoms. The number of carbonyl (C=O) groups is 2. The van der Waals surface area contributed by atoms with Gasteiger partial charge in [0.15, 0.2) is 0 Å². The molecule has 0 radical (unpaired) electrons. The number of likely N-dealkylation sites (tertiary alicyclic amines) is 1. The second-order valence-electron chi connectivity index (χ2n) is 5.59. The number of nitrogens with zero attached hydrogens (tertiary/aromatic N) is 1. The molecule has 0 aromatic heterocycles. The normalized spacial score (nSPS) is 18.1. The quantitative estimate of drug-likeness (QED) is 0.818. The van der Waals surface area contributed by atoms with E-state index < -0.39 is 12.1 Å². The molecule has 0 unspecified atom stereocenters. The zero-order valence-corrected chi connectivity index (χ0v) is 12.9. The SMILES string of the molecule is Cc1cccc([C@@H]2CCCN2CCCOC(=O)NC(N)=O)c1. The minimum absolute atomic E-state index is 0.274. The summed E-state index contributed by atoms with van der Waals surface area (Å²) >= 11 is 0. The zero-order valence-electron chi connectivity index (χ0n) is 12.9. The first kappa shape index (κ1) is 16.3. The highest BCUT2D eigenvalue weighted by molar-refractivity contribution is 5.89. The molecule has 3 N–H and O–H groups in total. The van der Waals surface area contributed by atoms with Crippen LogP contribution in [0, 0.1) is 6.92 Å². The standard InChI is InChI=1S/C16H23N3O3/c1-12-5-2-6-13(11-12)14-7-3-8-19(14)9-4-10-22-16(21)18-15(17)20/h2,5-6,11,14H,3-4,7-10H2,1H3,(H3,17,18,20,21)/t14-/m0/s1. The Hall–Kier alpha value is -2.08. The van der Waals surface area contributed by atoms with Gasteiger partial charge in [-0.1, -0.05) is 29.8 Å². The molecule has 6 heteroatoms. The Morgan fingerprint density at radius 3 is 3.00 bits per heavy atom. The van der Waals surface area contributed by atoms with Crippen molar-refractivity contribution in [2.75, 3.05) is 19.7 Å². The summed E-state index contributed by atoms with van der Waals surface area (Å²) in [6.07, 6.45) is 2.28. The maximum absolute atomic E-state index is 11.1. The molecule has 6 nitrogen and oxygen atoms in total. The van der Waals surface area contributed by atoms with Crippen LogP contribution < -0.4 is 11.1 Å². The van der Waals surface area contributed by atoms with Crippen molar-refractivity contribution in [2.45, 2.75) is 32.2 Å². The van der Waals surface area contributed by atoms with Gasteiger partial charge in [0.2, 0.25) is 0 Å². The Morgan fingerprint density at radius 2 is 2.27 bits per heavy atom. The molecule has 0 bridgehead atoms. The fraction of sp³-hybridized carbons (Fsp3) is 0.500. The van der Waals surface area contributed by atoms with Crippen LogP contribution in [0.2, 0.25) is 0 Å². The average molecular weight is 305 g/mol. The molecule has 22 heavy (non-hydrogen) atoms. The number of nitrogens with two attached hydrogens (primary N) is 1. The maximum atomic E-state index is 11.1. The summed E-state index contributed by atoms with van der Waals surface area (Å²) in [5, 5.41) is 1.88. The molecule has 1 aromatic carbocycles. The Morgan fingerprint density at radius 1 is 1.45 bits per heavy atom. The lowest BCUT2D eigenvalue weighted by Gasteiger charge is -2.25. The van der Waals surface area contributed by atoms with Gasteiger partial charge in [0.05, 0.1) is 6.61 Å². The molecule has 1 aromatic rings. The number of rotatable bonds is 5. The second-order valence-corrected chi connectivity index (χ2v) is 5.59. The van der Waals surface area contributed by atoms with E-state index in [2.05, 4.69) is 36.1 Å². The number of nitrogens with one attached hydrogen (secondary N) is 1. The number of primary amides is 1. The number of urea groups is 1. The summed E-state index contributed by atoms with van der Waals surface area (Å²) in [6.45, 7) is 4.30. The first-order chi connectivity index (χ1) is 10.6. The van der Waals surface area contributed by atoms with Crippen molar-refractivity contribution in [1.29, 1.82) is 0 Å². The van der Waals surface area contributed by atoms with E-state index in [1.807, 2.05) is 5.32 Å². The highest BCUT2D eigenvalue weighted by atomic mass is 16.5. The predicted octanol–water partition coefficient (Wildman–Crippen LogP) is 2.33. The monoisotopic (exact) mass is 305 g/mol. The minimum Gasteiger partial charge on any atom is -0.449 e. The van der Waals surface area contributed by atoms with Crippen LogP contribution in [-0.2, 0) is 4.74 Å². The van der Waals surface area contributed by atoms with Crippen LogP contribution in [0.5, 0.6) is 0 Å². The summed E-state index contributed by atoms with van der Waals surface area (Å²) < 4.78 is 4.90. The molecule has 1 atom stereocenters. The van der Waals surface area contributed by atoms with Crippen LogP contribution in [0.25, 0.3) is 0 Å². The fourth-order valence-corrected chi connectivity index (χ4v) is 2.92. The van der Waals surface area contributed by atoms with Crippen molar-refractivity contribution in [2.24, 2.45) is 5.73 Å². The molecular weight excluding hydrogens is 282 g/mol. The Kier molecular flexibility index (Phi) is 5.77. The van der Waals surface area contributed by atoms with E-state index in [1.165, 1.54) is 17.5 Å². The largest absolute Gasteiger partial charge is 0.449 e. The molecule has 3 amide bonds. The van der Waals surface area contributed by atoms with Crippen LogP contribution in [0.3, 0.4) is 0 Å². The number of carbonyl (C=O) groups excluding carboxylic acids is 2. The van der Waals surface area contributed by atoms with E-state index in [1.54, 1.807) is 0 Å². The van der Waals surface area contributed by atoms with E-state index in [0.29, 0.717) is 6.04 Å². The predicted molar refractivity (Wildman–Crippen MR) is 83.4 cm³/mol. The Balaban J connectivity index is 1.77. The molecule has 1 heterocycles. The lowest BCUT2D eigenvalue weighted by molar-refractivity contribution is 0.138. The third-order valence-electron chi connectivity index (χ3n) is 3.84. The Bertz CT molecular complexity index is 533. The van der Waals surface area contributed by atoms with Crippen molar-refractivity contribution < 1.29 is 14.3 Å². The molecule has 2 rings (SSSR count). The highest BCUT2D eigenvalue weighted by Gasteiger charge is 2.25. The zero-order chi connectivity index (χ0) is 15.9. The summed E-state index contributed by atoms with van der Waals surface area (Å²) in [4.78, 5) is 24.0. The van der Waals surface area contributed by atoms with E-state index in [9.17, 15) is 9.59 Å². The molecule has 1 saturated heterocycles. The molecular formula is C16H23N3O3. The number of ether oxygens (including phenoxy) is 1. The maximum Gasteiger partial charge on any atom is 0.415 e. The topological polar surface area (TPSA) is 84.7 Å². The van der Waals surface area contributed by atoms with Crippen LogP contribution >= 0.6 is 0 Å². The van der Waals surface area contributed by atoms with Crippen molar-refractivity contribution in [1.82, 2.24) is 10.2 Å². The van der Waals surface area contributed by atoms with Crippen molar-refractivity contribution in [3.8, 4) is 0 Å². The van der Waals surface area contributed by atoms with E-state index >= 15 is 0 Å². The van der Waals surface area contributed by atoms with Gasteiger partial charge in [-0.2, -0.15) is 0 Å². The molecule has 1 aliphatic rings. The Labute approximate surface area is 130 Å². The number of amides is 3. The van der Waals surface area contributed by atoms with Gasteiger partial charge in [0.25, 0.3) is 0 Å². The third-order valence-corrected chi connectivity index (χ3v) is 3.84. The van der Waals surface area contributed by atoms with E-state index in [0.717, 1.165) is 25.9 Å². The summed E-state index contributed by atoms with van der Waals surface area (Å²) in [7, 11) is 0. The molecule has 1 fully saturated rings. The summed E-state index contributed by atoms with van der Waals surface area (Å²) in [6, 6.07) is 8.15. The van der Waals surface area contributed by atoms with Gasteiger partial charge >= 0.3 is 12.1 Å². The number of hydrogen-bond acceptors (Lipinski definition) is 4. The average Bonchev–Trinajstić information content (AvgIpc) is 2.91. The number of alkyl carbamates (subject to hydrolysis) is 1. The van der Waals surface area contributed by atoms with Gasteiger partial charge in [0, 0.05) is 12.6 Å². The van der Waals surface area contributed by atoms with Gasteiger partial charge in [0.1, 0.15) is 0 Å².